The fourth-order valence-electron chi connectivity index (χ4n) is 2.41. The van der Waals surface area contributed by atoms with E-state index in [2.05, 4.69) is 15.5 Å². The summed E-state index contributed by atoms with van der Waals surface area (Å²) in [5.74, 6) is -0.981. The Kier molecular flexibility index (Phi) is 3.73. The molecule has 1 N–H and O–H groups in total. The normalized spacial score (nSPS) is 18.6. The third-order valence-corrected chi connectivity index (χ3v) is 3.51. The summed E-state index contributed by atoms with van der Waals surface area (Å²) in [5.41, 5.74) is 0.415. The lowest BCUT2D eigenvalue weighted by molar-refractivity contribution is 0.368. The zero-order valence-electron chi connectivity index (χ0n) is 10.9. The van der Waals surface area contributed by atoms with Crippen LogP contribution >= 0.6 is 0 Å². The van der Waals surface area contributed by atoms with Crippen molar-refractivity contribution in [2.24, 2.45) is 0 Å². The molecule has 0 saturated carbocycles. The van der Waals surface area contributed by atoms with Crippen LogP contribution in [0.4, 0.5) is 8.78 Å². The summed E-state index contributed by atoms with van der Waals surface area (Å²) in [5, 5.41) is 7.20. The third-order valence-electron chi connectivity index (χ3n) is 3.51. The number of hydrogen-bond donors (Lipinski definition) is 1. The van der Waals surface area contributed by atoms with Crippen molar-refractivity contribution >= 4 is 0 Å². The van der Waals surface area contributed by atoms with Gasteiger partial charge in [0.25, 0.3) is 0 Å². The monoisotopic (exact) mass is 279 g/mol. The number of nitrogens with zero attached hydrogens (tertiary/aromatic N) is 2. The van der Waals surface area contributed by atoms with E-state index < -0.39 is 11.6 Å². The number of aryl methyl sites for hydroxylation is 1. The molecular weight excluding hydrogens is 264 g/mol. The molecule has 6 heteroatoms. The van der Waals surface area contributed by atoms with Gasteiger partial charge in [-0.3, -0.25) is 0 Å². The van der Waals surface area contributed by atoms with E-state index in [9.17, 15) is 8.78 Å². The average molecular weight is 279 g/mol. The van der Waals surface area contributed by atoms with Crippen molar-refractivity contribution in [3.05, 3.63) is 35.7 Å². The molecule has 0 aliphatic carbocycles. The highest BCUT2D eigenvalue weighted by Gasteiger charge is 2.16. The molecule has 20 heavy (non-hydrogen) atoms. The fourth-order valence-corrected chi connectivity index (χ4v) is 2.41. The molecule has 1 aromatic carbocycles. The second-order valence-corrected chi connectivity index (χ2v) is 4.97. The van der Waals surface area contributed by atoms with Crippen LogP contribution in [0.15, 0.2) is 22.7 Å². The van der Waals surface area contributed by atoms with Crippen molar-refractivity contribution in [2.75, 3.05) is 6.54 Å². The lowest BCUT2D eigenvalue weighted by atomic mass is 10.1. The number of nitrogens with one attached hydrogen (secondary N) is 1. The van der Waals surface area contributed by atoms with E-state index in [0.717, 1.165) is 25.1 Å². The summed E-state index contributed by atoms with van der Waals surface area (Å²) in [6.45, 7) is 1.06. The van der Waals surface area contributed by atoms with E-state index in [1.807, 2.05) is 0 Å². The Morgan fingerprint density at radius 3 is 2.95 bits per heavy atom. The number of rotatable bonds is 4. The zero-order chi connectivity index (χ0) is 13.9. The Hall–Kier alpha value is -1.82. The predicted molar refractivity (Wildman–Crippen MR) is 69.0 cm³/mol. The summed E-state index contributed by atoms with van der Waals surface area (Å²) in [6.07, 6.45) is 4.01. The van der Waals surface area contributed by atoms with Gasteiger partial charge in [0.2, 0.25) is 11.7 Å². The molecule has 0 bridgehead atoms. The molecule has 1 aromatic heterocycles. The van der Waals surface area contributed by atoms with E-state index >= 15 is 0 Å². The topological polar surface area (TPSA) is 51.0 Å². The molecule has 2 heterocycles. The van der Waals surface area contributed by atoms with Crippen molar-refractivity contribution in [3.63, 3.8) is 0 Å². The molecule has 0 radical (unpaired) electrons. The van der Waals surface area contributed by atoms with Crippen molar-refractivity contribution in [2.45, 2.75) is 31.7 Å². The number of halogens is 2. The van der Waals surface area contributed by atoms with Gasteiger partial charge in [-0.2, -0.15) is 4.98 Å². The van der Waals surface area contributed by atoms with Gasteiger partial charge in [0.05, 0.1) is 0 Å². The Morgan fingerprint density at radius 2 is 2.20 bits per heavy atom. The van der Waals surface area contributed by atoms with E-state index in [1.165, 1.54) is 18.9 Å². The van der Waals surface area contributed by atoms with Crippen LogP contribution in [0.5, 0.6) is 0 Å². The third kappa shape index (κ3) is 2.85. The Morgan fingerprint density at radius 1 is 1.30 bits per heavy atom. The maximum Gasteiger partial charge on any atom is 0.227 e. The Bertz CT molecular complexity index is 594. The van der Waals surface area contributed by atoms with Crippen molar-refractivity contribution in [3.8, 4) is 11.4 Å². The number of benzene rings is 1. The van der Waals surface area contributed by atoms with E-state index in [0.29, 0.717) is 29.7 Å². The first-order valence-electron chi connectivity index (χ1n) is 6.74. The lowest BCUT2D eigenvalue weighted by Gasteiger charge is -2.06. The molecule has 2 aromatic rings. The zero-order valence-corrected chi connectivity index (χ0v) is 10.9. The first-order chi connectivity index (χ1) is 9.72. The quantitative estimate of drug-likeness (QED) is 0.935. The summed E-state index contributed by atoms with van der Waals surface area (Å²) in [7, 11) is 0. The minimum atomic E-state index is -0.913. The second kappa shape index (κ2) is 5.66. The van der Waals surface area contributed by atoms with Gasteiger partial charge in [0.15, 0.2) is 11.6 Å². The molecule has 1 aliphatic heterocycles. The summed E-state index contributed by atoms with van der Waals surface area (Å²) >= 11 is 0. The van der Waals surface area contributed by atoms with Gasteiger partial charge in [0.1, 0.15) is 0 Å². The molecular formula is C14H15F2N3O. The van der Waals surface area contributed by atoms with Gasteiger partial charge in [0, 0.05) is 18.0 Å². The first kappa shape index (κ1) is 13.2. The first-order valence-corrected chi connectivity index (χ1v) is 6.74. The molecule has 1 unspecified atom stereocenters. The SMILES string of the molecule is Fc1ccc(-c2noc(CCC3CCCN3)n2)cc1F. The van der Waals surface area contributed by atoms with Crippen LogP contribution in [0.25, 0.3) is 11.4 Å². The van der Waals surface area contributed by atoms with Crippen LogP contribution in [0, 0.1) is 11.6 Å². The number of aromatic nitrogens is 2. The van der Waals surface area contributed by atoms with Gasteiger partial charge in [-0.25, -0.2) is 8.78 Å². The highest BCUT2D eigenvalue weighted by Crippen LogP contribution is 2.19. The number of hydrogen-bond acceptors (Lipinski definition) is 4. The van der Waals surface area contributed by atoms with Crippen molar-refractivity contribution in [1.82, 2.24) is 15.5 Å². The van der Waals surface area contributed by atoms with Crippen LogP contribution in [-0.2, 0) is 6.42 Å². The fraction of sp³-hybridized carbons (Fsp3) is 0.429. The Balaban J connectivity index is 1.67. The molecule has 0 spiro atoms. The molecule has 0 amide bonds. The highest BCUT2D eigenvalue weighted by atomic mass is 19.2. The van der Waals surface area contributed by atoms with Crippen LogP contribution < -0.4 is 5.32 Å². The average Bonchev–Trinajstić information content (AvgIpc) is 3.10. The lowest BCUT2D eigenvalue weighted by Crippen LogP contribution is -2.21. The molecule has 3 rings (SSSR count). The van der Waals surface area contributed by atoms with Gasteiger partial charge in [-0.15, -0.1) is 0 Å². The molecule has 1 saturated heterocycles. The molecule has 1 atom stereocenters. The van der Waals surface area contributed by atoms with Crippen molar-refractivity contribution in [1.29, 1.82) is 0 Å². The van der Waals surface area contributed by atoms with Gasteiger partial charge >= 0.3 is 0 Å². The van der Waals surface area contributed by atoms with Gasteiger partial charge in [-0.05, 0) is 44.0 Å². The predicted octanol–water partition coefficient (Wildman–Crippen LogP) is 2.70. The van der Waals surface area contributed by atoms with Gasteiger partial charge in [-0.1, -0.05) is 5.16 Å². The molecule has 1 fully saturated rings. The summed E-state index contributed by atoms with van der Waals surface area (Å²) in [6, 6.07) is 4.07. The van der Waals surface area contributed by atoms with Gasteiger partial charge < -0.3 is 9.84 Å². The largest absolute Gasteiger partial charge is 0.339 e. The maximum atomic E-state index is 13.2. The van der Waals surface area contributed by atoms with Crippen LogP contribution in [0.2, 0.25) is 0 Å². The summed E-state index contributed by atoms with van der Waals surface area (Å²) in [4.78, 5) is 4.22. The highest BCUT2D eigenvalue weighted by molar-refractivity contribution is 5.54. The van der Waals surface area contributed by atoms with Crippen LogP contribution in [0.1, 0.15) is 25.2 Å². The molecule has 4 nitrogen and oxygen atoms in total. The van der Waals surface area contributed by atoms with E-state index in [-0.39, 0.29) is 0 Å². The maximum absolute atomic E-state index is 13.2. The van der Waals surface area contributed by atoms with E-state index in [1.54, 1.807) is 0 Å². The van der Waals surface area contributed by atoms with E-state index in [4.69, 9.17) is 4.52 Å². The second-order valence-electron chi connectivity index (χ2n) is 4.97. The smallest absolute Gasteiger partial charge is 0.227 e. The van der Waals surface area contributed by atoms with Crippen LogP contribution in [-0.4, -0.2) is 22.7 Å². The minimum absolute atomic E-state index is 0.290. The summed E-state index contributed by atoms with van der Waals surface area (Å²) < 4.78 is 31.2. The van der Waals surface area contributed by atoms with Crippen molar-refractivity contribution < 1.29 is 13.3 Å². The standard InChI is InChI=1S/C14H15F2N3O/c15-11-5-3-9(8-12(11)16)14-18-13(20-19-14)6-4-10-2-1-7-17-10/h3,5,8,10,17H,1-2,4,6-7H2. The molecule has 106 valence electrons. The Labute approximate surface area is 115 Å². The van der Waals surface area contributed by atoms with Crippen LogP contribution in [0.3, 0.4) is 0 Å². The molecule has 1 aliphatic rings. The minimum Gasteiger partial charge on any atom is -0.339 e.